The molecule has 0 spiro atoms. The minimum absolute atomic E-state index is 0.199. The minimum atomic E-state index is -0.199. The molecule has 0 atom stereocenters. The average Bonchev–Trinajstić information content (AvgIpc) is 2.55. The molecule has 0 fully saturated rings. The van der Waals surface area contributed by atoms with Crippen LogP contribution in [0.1, 0.15) is 15.9 Å². The van der Waals surface area contributed by atoms with Gasteiger partial charge in [-0.3, -0.25) is 4.79 Å². The van der Waals surface area contributed by atoms with Crippen LogP contribution in [0.3, 0.4) is 0 Å². The SMILES string of the molecule is COc1ccc(C(=O)/C=C/c2cccc(Cl)c2Cl)c(OC)c1. The largest absolute Gasteiger partial charge is 0.497 e. The maximum Gasteiger partial charge on any atom is 0.189 e. The zero-order valence-corrected chi connectivity index (χ0v) is 13.6. The number of halogens is 2. The summed E-state index contributed by atoms with van der Waals surface area (Å²) in [5.41, 5.74) is 1.12. The molecule has 22 heavy (non-hydrogen) atoms. The molecule has 0 heterocycles. The quantitative estimate of drug-likeness (QED) is 0.575. The predicted molar refractivity (Wildman–Crippen MR) is 89.4 cm³/mol. The lowest BCUT2D eigenvalue weighted by Gasteiger charge is -2.08. The van der Waals surface area contributed by atoms with Gasteiger partial charge < -0.3 is 9.47 Å². The van der Waals surface area contributed by atoms with Crippen molar-refractivity contribution in [2.45, 2.75) is 0 Å². The van der Waals surface area contributed by atoms with Crippen LogP contribution in [0.2, 0.25) is 10.0 Å². The fourth-order valence-electron chi connectivity index (χ4n) is 1.91. The van der Waals surface area contributed by atoms with Gasteiger partial charge in [0.25, 0.3) is 0 Å². The van der Waals surface area contributed by atoms with Gasteiger partial charge in [0.05, 0.1) is 29.8 Å². The van der Waals surface area contributed by atoms with Crippen molar-refractivity contribution in [2.75, 3.05) is 14.2 Å². The third-order valence-electron chi connectivity index (χ3n) is 3.07. The van der Waals surface area contributed by atoms with Crippen LogP contribution in [0.4, 0.5) is 0 Å². The normalized spacial score (nSPS) is 10.7. The lowest BCUT2D eigenvalue weighted by atomic mass is 10.1. The Balaban J connectivity index is 2.29. The van der Waals surface area contributed by atoms with Gasteiger partial charge in [0.2, 0.25) is 0 Å². The number of ketones is 1. The lowest BCUT2D eigenvalue weighted by molar-refractivity contribution is 0.104. The molecule has 0 aliphatic carbocycles. The highest BCUT2D eigenvalue weighted by Gasteiger charge is 2.11. The van der Waals surface area contributed by atoms with Crippen LogP contribution >= 0.6 is 23.2 Å². The second kappa shape index (κ2) is 7.34. The molecule has 0 aromatic heterocycles. The summed E-state index contributed by atoms with van der Waals surface area (Å²) in [7, 11) is 3.06. The van der Waals surface area contributed by atoms with E-state index in [9.17, 15) is 4.79 Å². The molecule has 3 nitrogen and oxygen atoms in total. The monoisotopic (exact) mass is 336 g/mol. The van der Waals surface area contributed by atoms with Gasteiger partial charge in [-0.05, 0) is 35.9 Å². The molecule has 0 unspecified atom stereocenters. The van der Waals surface area contributed by atoms with E-state index in [0.29, 0.717) is 32.7 Å². The van der Waals surface area contributed by atoms with Crippen LogP contribution < -0.4 is 9.47 Å². The molecule has 2 aromatic rings. The van der Waals surface area contributed by atoms with E-state index in [1.165, 1.54) is 13.2 Å². The van der Waals surface area contributed by atoms with Gasteiger partial charge in [0, 0.05) is 6.07 Å². The molecule has 0 aliphatic rings. The van der Waals surface area contributed by atoms with E-state index in [1.807, 2.05) is 0 Å². The van der Waals surface area contributed by atoms with Crippen LogP contribution in [-0.2, 0) is 0 Å². The maximum absolute atomic E-state index is 12.3. The fraction of sp³-hybridized carbons (Fsp3) is 0.118. The number of hydrogen-bond acceptors (Lipinski definition) is 3. The van der Waals surface area contributed by atoms with E-state index < -0.39 is 0 Å². The van der Waals surface area contributed by atoms with Crippen LogP contribution in [0.5, 0.6) is 11.5 Å². The summed E-state index contributed by atoms with van der Waals surface area (Å²) in [5.74, 6) is 0.872. The summed E-state index contributed by atoms with van der Waals surface area (Å²) in [6.07, 6.45) is 3.06. The van der Waals surface area contributed by atoms with Crippen molar-refractivity contribution in [1.29, 1.82) is 0 Å². The molecule has 0 amide bonds. The van der Waals surface area contributed by atoms with Crippen LogP contribution in [-0.4, -0.2) is 20.0 Å². The molecule has 0 aliphatic heterocycles. The fourth-order valence-corrected chi connectivity index (χ4v) is 2.28. The molecule has 5 heteroatoms. The van der Waals surface area contributed by atoms with E-state index >= 15 is 0 Å². The molecule has 2 aromatic carbocycles. The van der Waals surface area contributed by atoms with Crippen molar-refractivity contribution in [2.24, 2.45) is 0 Å². The molecule has 0 saturated heterocycles. The van der Waals surface area contributed by atoms with Gasteiger partial charge in [-0.1, -0.05) is 35.3 Å². The lowest BCUT2D eigenvalue weighted by Crippen LogP contribution is -1.99. The Morgan fingerprint density at radius 1 is 1.09 bits per heavy atom. The molecule has 0 saturated carbocycles. The molecule has 114 valence electrons. The molecule has 2 rings (SSSR count). The first-order valence-corrected chi connectivity index (χ1v) is 7.21. The minimum Gasteiger partial charge on any atom is -0.497 e. The number of benzene rings is 2. The topological polar surface area (TPSA) is 35.5 Å². The summed E-state index contributed by atoms with van der Waals surface area (Å²) >= 11 is 12.0. The molecular formula is C17H14Cl2O3. The summed E-state index contributed by atoms with van der Waals surface area (Å²) in [6, 6.07) is 10.3. The van der Waals surface area contributed by atoms with Gasteiger partial charge in [-0.25, -0.2) is 0 Å². The van der Waals surface area contributed by atoms with Gasteiger partial charge in [-0.15, -0.1) is 0 Å². The van der Waals surface area contributed by atoms with E-state index in [4.69, 9.17) is 32.7 Å². The van der Waals surface area contributed by atoms with Gasteiger partial charge in [0.1, 0.15) is 11.5 Å². The Kier molecular flexibility index (Phi) is 5.47. The number of allylic oxidation sites excluding steroid dienone is 1. The Morgan fingerprint density at radius 3 is 2.55 bits per heavy atom. The first-order valence-electron chi connectivity index (χ1n) is 6.45. The Morgan fingerprint density at radius 2 is 1.86 bits per heavy atom. The first kappa shape index (κ1) is 16.4. The molecule has 0 radical (unpaired) electrons. The van der Waals surface area contributed by atoms with Crippen LogP contribution in [0.25, 0.3) is 6.08 Å². The van der Waals surface area contributed by atoms with Gasteiger partial charge in [-0.2, -0.15) is 0 Å². The third kappa shape index (κ3) is 3.62. The number of hydrogen-bond donors (Lipinski definition) is 0. The number of methoxy groups -OCH3 is 2. The number of carbonyl (C=O) groups excluding carboxylic acids is 1. The molecule has 0 N–H and O–H groups in total. The Bertz CT molecular complexity index is 724. The first-order chi connectivity index (χ1) is 10.6. The molecular weight excluding hydrogens is 323 g/mol. The van der Waals surface area contributed by atoms with E-state index in [2.05, 4.69) is 0 Å². The zero-order chi connectivity index (χ0) is 16.1. The molecule has 0 bridgehead atoms. The maximum atomic E-state index is 12.3. The van der Waals surface area contributed by atoms with Gasteiger partial charge in [0.15, 0.2) is 5.78 Å². The van der Waals surface area contributed by atoms with Crippen molar-refractivity contribution >= 4 is 35.1 Å². The summed E-state index contributed by atoms with van der Waals surface area (Å²) in [6.45, 7) is 0. The third-order valence-corrected chi connectivity index (χ3v) is 3.90. The smallest absolute Gasteiger partial charge is 0.189 e. The van der Waals surface area contributed by atoms with Crippen molar-refractivity contribution in [3.05, 3.63) is 63.6 Å². The highest BCUT2D eigenvalue weighted by Crippen LogP contribution is 2.28. The number of rotatable bonds is 5. The summed E-state index contributed by atoms with van der Waals surface area (Å²) in [5, 5.41) is 0.855. The predicted octanol–water partition coefficient (Wildman–Crippen LogP) is 4.91. The highest BCUT2D eigenvalue weighted by atomic mass is 35.5. The number of ether oxygens (including phenoxy) is 2. The second-order valence-electron chi connectivity index (χ2n) is 4.41. The van der Waals surface area contributed by atoms with E-state index in [0.717, 1.165) is 0 Å². The Hall–Kier alpha value is -1.97. The standard InChI is InChI=1S/C17H14Cl2O3/c1-21-12-7-8-13(16(10-12)22-2)15(20)9-6-11-4-3-5-14(18)17(11)19/h3-10H,1-2H3/b9-6+. The average molecular weight is 337 g/mol. The summed E-state index contributed by atoms with van der Waals surface area (Å²) in [4.78, 5) is 12.3. The van der Waals surface area contributed by atoms with Crippen LogP contribution in [0, 0.1) is 0 Å². The zero-order valence-electron chi connectivity index (χ0n) is 12.1. The second-order valence-corrected chi connectivity index (χ2v) is 5.19. The highest BCUT2D eigenvalue weighted by molar-refractivity contribution is 6.42. The van der Waals surface area contributed by atoms with Crippen molar-refractivity contribution in [3.8, 4) is 11.5 Å². The van der Waals surface area contributed by atoms with Gasteiger partial charge >= 0.3 is 0 Å². The summed E-state index contributed by atoms with van der Waals surface area (Å²) < 4.78 is 10.3. The van der Waals surface area contributed by atoms with Crippen molar-refractivity contribution in [1.82, 2.24) is 0 Å². The van der Waals surface area contributed by atoms with Crippen LogP contribution in [0.15, 0.2) is 42.5 Å². The van der Waals surface area contributed by atoms with Crippen molar-refractivity contribution in [3.63, 3.8) is 0 Å². The van der Waals surface area contributed by atoms with Crippen molar-refractivity contribution < 1.29 is 14.3 Å². The number of carbonyl (C=O) groups is 1. The van der Waals surface area contributed by atoms with E-state index in [1.54, 1.807) is 49.6 Å². The van der Waals surface area contributed by atoms with E-state index in [-0.39, 0.29) is 5.78 Å². The Labute approximate surface area is 139 Å².